The van der Waals surface area contributed by atoms with Crippen molar-refractivity contribution < 1.29 is 9.72 Å². The maximum atomic E-state index is 12.1. The Balaban J connectivity index is 1.77. The van der Waals surface area contributed by atoms with Gasteiger partial charge < -0.3 is 4.57 Å². The van der Waals surface area contributed by atoms with Crippen LogP contribution in [0.4, 0.5) is 5.69 Å². The number of hydrogen-bond acceptors (Lipinski definition) is 5. The third kappa shape index (κ3) is 3.11. The van der Waals surface area contributed by atoms with E-state index in [1.807, 2.05) is 29.9 Å². The highest BCUT2D eigenvalue weighted by molar-refractivity contribution is 7.20. The molecular formula is C15H12N4O3S. The third-order valence-electron chi connectivity index (χ3n) is 3.28. The van der Waals surface area contributed by atoms with Crippen LogP contribution in [0.5, 0.6) is 0 Å². The summed E-state index contributed by atoms with van der Waals surface area (Å²) >= 11 is 1.26. The van der Waals surface area contributed by atoms with Gasteiger partial charge >= 0.3 is 0 Å². The predicted molar refractivity (Wildman–Crippen MR) is 89.0 cm³/mol. The van der Waals surface area contributed by atoms with Crippen LogP contribution >= 0.6 is 11.3 Å². The predicted octanol–water partition coefficient (Wildman–Crippen LogP) is 2.91. The van der Waals surface area contributed by atoms with Gasteiger partial charge in [-0.15, -0.1) is 11.3 Å². The number of nitro groups is 1. The van der Waals surface area contributed by atoms with Crippen molar-refractivity contribution in [3.05, 3.63) is 63.3 Å². The molecule has 7 nitrogen and oxygen atoms in total. The third-order valence-corrected chi connectivity index (χ3v) is 4.40. The topological polar surface area (TPSA) is 89.5 Å². The Kier molecular flexibility index (Phi) is 3.90. The quantitative estimate of drug-likeness (QED) is 0.453. The summed E-state index contributed by atoms with van der Waals surface area (Å²) in [7, 11) is 1.88. The molecule has 1 N–H and O–H groups in total. The van der Waals surface area contributed by atoms with E-state index >= 15 is 0 Å². The minimum absolute atomic E-state index is 0.00369. The normalized spacial score (nSPS) is 11.2. The largest absolute Gasteiger partial charge is 0.350 e. The van der Waals surface area contributed by atoms with E-state index in [4.69, 9.17) is 0 Å². The number of thiophene rings is 1. The molecule has 0 fully saturated rings. The molecule has 23 heavy (non-hydrogen) atoms. The van der Waals surface area contributed by atoms with Gasteiger partial charge in [0.05, 0.1) is 21.7 Å². The van der Waals surface area contributed by atoms with Gasteiger partial charge in [0, 0.05) is 35.5 Å². The number of non-ortho nitro benzene ring substituents is 1. The Labute approximate surface area is 135 Å². The van der Waals surface area contributed by atoms with E-state index < -0.39 is 4.92 Å². The lowest BCUT2D eigenvalue weighted by atomic mass is 10.2. The Bertz CT molecular complexity index is 926. The van der Waals surface area contributed by atoms with Gasteiger partial charge in [-0.05, 0) is 24.3 Å². The fraction of sp³-hybridized carbons (Fsp3) is 0.0667. The minimum atomic E-state index is -0.457. The lowest BCUT2D eigenvalue weighted by Gasteiger charge is -1.97. The van der Waals surface area contributed by atoms with E-state index in [-0.39, 0.29) is 11.6 Å². The zero-order valence-corrected chi connectivity index (χ0v) is 12.9. The summed E-state index contributed by atoms with van der Waals surface area (Å²) in [6.45, 7) is 0. The Morgan fingerprint density at radius 3 is 2.91 bits per heavy atom. The molecule has 116 valence electrons. The van der Waals surface area contributed by atoms with Crippen LogP contribution < -0.4 is 5.43 Å². The molecule has 0 atom stereocenters. The molecular weight excluding hydrogens is 316 g/mol. The summed E-state index contributed by atoms with van der Waals surface area (Å²) in [6, 6.07) is 9.89. The lowest BCUT2D eigenvalue weighted by Crippen LogP contribution is -2.16. The maximum Gasteiger partial charge on any atom is 0.281 e. The Hall–Kier alpha value is -3.00. The van der Waals surface area contributed by atoms with Gasteiger partial charge in [-0.2, -0.15) is 5.10 Å². The monoisotopic (exact) mass is 328 g/mol. The highest BCUT2D eigenvalue weighted by Gasteiger charge is 2.12. The molecule has 0 saturated heterocycles. The SMILES string of the molecule is Cn1cccc1/C=N\NC(=O)c1cc2cc([N+](=O)[O-])ccc2s1. The van der Waals surface area contributed by atoms with Gasteiger partial charge in [-0.3, -0.25) is 14.9 Å². The number of fused-ring (bicyclic) bond motifs is 1. The zero-order chi connectivity index (χ0) is 16.4. The number of nitro benzene ring substituents is 1. The highest BCUT2D eigenvalue weighted by atomic mass is 32.1. The summed E-state index contributed by atoms with van der Waals surface area (Å²) in [6.07, 6.45) is 3.43. The second kappa shape index (κ2) is 6.01. The van der Waals surface area contributed by atoms with Crippen LogP contribution in [0.1, 0.15) is 15.4 Å². The summed E-state index contributed by atoms with van der Waals surface area (Å²) in [5.74, 6) is -0.348. The number of rotatable bonds is 4. The molecule has 0 saturated carbocycles. The number of carbonyl (C=O) groups is 1. The Morgan fingerprint density at radius 1 is 1.39 bits per heavy atom. The van der Waals surface area contributed by atoms with E-state index in [0.29, 0.717) is 10.3 Å². The molecule has 2 heterocycles. The molecule has 0 unspecified atom stereocenters. The molecule has 3 rings (SSSR count). The first-order valence-corrected chi connectivity index (χ1v) is 7.49. The van der Waals surface area contributed by atoms with Crippen molar-refractivity contribution in [2.45, 2.75) is 0 Å². The Morgan fingerprint density at radius 2 is 2.22 bits per heavy atom. The first-order valence-electron chi connectivity index (χ1n) is 6.67. The van der Waals surface area contributed by atoms with Crippen LogP contribution in [0.15, 0.2) is 47.7 Å². The fourth-order valence-electron chi connectivity index (χ4n) is 2.08. The minimum Gasteiger partial charge on any atom is -0.350 e. The second-order valence-corrected chi connectivity index (χ2v) is 5.92. The lowest BCUT2D eigenvalue weighted by molar-refractivity contribution is -0.384. The number of aryl methyl sites for hydroxylation is 1. The number of nitrogens with one attached hydrogen (secondary N) is 1. The van der Waals surface area contributed by atoms with Crippen LogP contribution in [0.2, 0.25) is 0 Å². The average molecular weight is 328 g/mol. The molecule has 3 aromatic rings. The smallest absolute Gasteiger partial charge is 0.281 e. The molecule has 2 aromatic heterocycles. The number of hydrogen-bond donors (Lipinski definition) is 1. The van der Waals surface area contributed by atoms with Gasteiger partial charge in [-0.1, -0.05) is 0 Å². The molecule has 0 bridgehead atoms. The van der Waals surface area contributed by atoms with E-state index in [9.17, 15) is 14.9 Å². The van der Waals surface area contributed by atoms with Crippen LogP contribution in [0.25, 0.3) is 10.1 Å². The fourth-order valence-corrected chi connectivity index (χ4v) is 3.01. The van der Waals surface area contributed by atoms with Crippen molar-refractivity contribution in [2.75, 3.05) is 0 Å². The van der Waals surface area contributed by atoms with Gasteiger partial charge in [0.25, 0.3) is 11.6 Å². The summed E-state index contributed by atoms with van der Waals surface area (Å²) < 4.78 is 2.68. The highest BCUT2D eigenvalue weighted by Crippen LogP contribution is 2.28. The number of aromatic nitrogens is 1. The first-order chi connectivity index (χ1) is 11.0. The average Bonchev–Trinajstić information content (AvgIpc) is 3.12. The molecule has 0 radical (unpaired) electrons. The van der Waals surface area contributed by atoms with Crippen molar-refractivity contribution in [3.8, 4) is 0 Å². The van der Waals surface area contributed by atoms with Crippen molar-refractivity contribution in [2.24, 2.45) is 12.1 Å². The second-order valence-electron chi connectivity index (χ2n) is 4.83. The zero-order valence-electron chi connectivity index (χ0n) is 12.1. The molecule has 0 aliphatic carbocycles. The van der Waals surface area contributed by atoms with E-state index in [2.05, 4.69) is 10.5 Å². The van der Waals surface area contributed by atoms with Crippen molar-refractivity contribution in [1.29, 1.82) is 0 Å². The molecule has 8 heteroatoms. The molecule has 0 aliphatic rings. The summed E-state index contributed by atoms with van der Waals surface area (Å²) in [5.41, 5.74) is 3.32. The molecule has 0 aliphatic heterocycles. The van der Waals surface area contributed by atoms with Crippen LogP contribution in [-0.2, 0) is 7.05 Å². The number of benzene rings is 1. The van der Waals surface area contributed by atoms with Crippen LogP contribution in [-0.4, -0.2) is 21.6 Å². The van der Waals surface area contributed by atoms with Gasteiger partial charge in [0.1, 0.15) is 0 Å². The van der Waals surface area contributed by atoms with Gasteiger partial charge in [-0.25, -0.2) is 5.43 Å². The number of carbonyl (C=O) groups excluding carboxylic acids is 1. The number of hydrazone groups is 1. The molecule has 0 spiro atoms. The molecule has 1 aromatic carbocycles. The van der Waals surface area contributed by atoms with Crippen molar-refractivity contribution >= 4 is 39.2 Å². The van der Waals surface area contributed by atoms with Crippen molar-refractivity contribution in [1.82, 2.24) is 9.99 Å². The van der Waals surface area contributed by atoms with Crippen LogP contribution in [0.3, 0.4) is 0 Å². The molecule has 1 amide bonds. The van der Waals surface area contributed by atoms with Gasteiger partial charge in [0.2, 0.25) is 0 Å². The van der Waals surface area contributed by atoms with E-state index in [1.54, 1.807) is 18.3 Å². The maximum absolute atomic E-state index is 12.1. The number of nitrogens with zero attached hydrogens (tertiary/aromatic N) is 3. The van der Waals surface area contributed by atoms with E-state index in [0.717, 1.165) is 10.4 Å². The number of amides is 1. The van der Waals surface area contributed by atoms with Crippen molar-refractivity contribution in [3.63, 3.8) is 0 Å². The van der Waals surface area contributed by atoms with Crippen LogP contribution in [0, 0.1) is 10.1 Å². The standard InChI is InChI=1S/C15H12N4O3S/c1-18-6-2-3-12(18)9-16-17-15(20)14-8-10-7-11(19(21)22)4-5-13(10)23-14/h2-9H,1H3,(H,17,20)/b16-9-. The van der Waals surface area contributed by atoms with Gasteiger partial charge in [0.15, 0.2) is 0 Å². The summed E-state index contributed by atoms with van der Waals surface area (Å²) in [4.78, 5) is 22.9. The summed E-state index contributed by atoms with van der Waals surface area (Å²) in [5, 5.41) is 15.4. The first kappa shape index (κ1) is 14.9. The van der Waals surface area contributed by atoms with E-state index in [1.165, 1.54) is 23.5 Å².